The minimum atomic E-state index is -4.11. The second-order valence-electron chi connectivity index (χ2n) is 9.09. The van der Waals surface area contributed by atoms with Gasteiger partial charge in [0.1, 0.15) is 0 Å². The lowest BCUT2D eigenvalue weighted by atomic mass is 9.81. The van der Waals surface area contributed by atoms with E-state index in [1.54, 1.807) is 12.1 Å². The smallest absolute Gasteiger partial charge is 0.329 e. The lowest BCUT2D eigenvalue weighted by Crippen LogP contribution is -2.42. The van der Waals surface area contributed by atoms with Gasteiger partial charge in [0.05, 0.1) is 12.6 Å². The van der Waals surface area contributed by atoms with Crippen molar-refractivity contribution in [2.45, 2.75) is 70.7 Å². The lowest BCUT2D eigenvalue weighted by Gasteiger charge is -2.38. The topological polar surface area (TPSA) is 98.1 Å². The van der Waals surface area contributed by atoms with Crippen LogP contribution in [0.4, 0.5) is 0 Å². The van der Waals surface area contributed by atoms with E-state index in [-0.39, 0.29) is 18.6 Å². The molecule has 1 saturated carbocycles. The van der Waals surface area contributed by atoms with E-state index in [1.165, 1.54) is 12.0 Å². The number of aryl methyl sites for hydroxylation is 1. The molecule has 0 spiro atoms. The number of nitrogens with zero attached hydrogens (tertiary/aromatic N) is 1. The average molecular weight is 460 g/mol. The molecule has 0 saturated heterocycles. The fraction of sp³-hybridized carbons (Fsp3) is 0.480. The number of rotatable bonds is 10. The van der Waals surface area contributed by atoms with Gasteiger partial charge in [0.15, 0.2) is 0 Å². The van der Waals surface area contributed by atoms with Crippen LogP contribution in [-0.4, -0.2) is 31.8 Å². The Balaban J connectivity index is 1.85. The van der Waals surface area contributed by atoms with Gasteiger partial charge >= 0.3 is 13.6 Å². The van der Waals surface area contributed by atoms with Crippen molar-refractivity contribution in [3.05, 3.63) is 70.8 Å². The minimum Gasteiger partial charge on any atom is -0.481 e. The van der Waals surface area contributed by atoms with Crippen molar-refractivity contribution in [2.75, 3.05) is 0 Å². The SMILES string of the molecule is Cc1ccc(CN(Cc2ccc(CP(=O)(O)O)cc2)C(CC(=O)O)C2CCCCC2)cc1. The molecule has 2 aromatic carbocycles. The fourth-order valence-corrected chi connectivity index (χ4v) is 5.42. The Morgan fingerprint density at radius 1 is 0.938 bits per heavy atom. The largest absolute Gasteiger partial charge is 0.481 e. The summed E-state index contributed by atoms with van der Waals surface area (Å²) in [6.45, 7) is 3.31. The molecule has 0 aliphatic heterocycles. The van der Waals surface area contributed by atoms with E-state index in [9.17, 15) is 24.3 Å². The number of benzene rings is 2. The Morgan fingerprint density at radius 2 is 1.44 bits per heavy atom. The van der Waals surface area contributed by atoms with Crippen LogP contribution in [0.1, 0.15) is 60.8 Å². The van der Waals surface area contributed by atoms with Crippen LogP contribution in [0.15, 0.2) is 48.5 Å². The molecule has 0 radical (unpaired) electrons. The predicted molar refractivity (Wildman–Crippen MR) is 125 cm³/mol. The molecule has 0 bridgehead atoms. The summed E-state index contributed by atoms with van der Waals surface area (Å²) < 4.78 is 11.3. The maximum Gasteiger partial charge on any atom is 0.329 e. The second-order valence-corrected chi connectivity index (χ2v) is 10.7. The zero-order valence-electron chi connectivity index (χ0n) is 18.7. The molecule has 174 valence electrons. The van der Waals surface area contributed by atoms with Crippen LogP contribution >= 0.6 is 7.60 Å². The van der Waals surface area contributed by atoms with Crippen LogP contribution in [0, 0.1) is 12.8 Å². The summed E-state index contributed by atoms with van der Waals surface area (Å²) in [5.41, 5.74) is 3.95. The van der Waals surface area contributed by atoms with Crippen LogP contribution in [0.5, 0.6) is 0 Å². The molecule has 0 amide bonds. The Hall–Kier alpha value is -1.98. The summed E-state index contributed by atoms with van der Waals surface area (Å²) in [6.07, 6.45) is 5.48. The molecular weight excluding hydrogens is 425 g/mol. The Morgan fingerprint density at radius 3 is 1.94 bits per heavy atom. The zero-order valence-corrected chi connectivity index (χ0v) is 19.6. The van der Waals surface area contributed by atoms with Crippen LogP contribution < -0.4 is 0 Å². The highest BCUT2D eigenvalue weighted by molar-refractivity contribution is 7.50. The number of carboxylic acids is 1. The van der Waals surface area contributed by atoms with Gasteiger partial charge in [-0.1, -0.05) is 73.4 Å². The second kappa shape index (κ2) is 11.2. The van der Waals surface area contributed by atoms with Gasteiger partial charge < -0.3 is 14.9 Å². The van der Waals surface area contributed by atoms with Gasteiger partial charge in [-0.25, -0.2) is 0 Å². The van der Waals surface area contributed by atoms with Crippen molar-refractivity contribution >= 4 is 13.6 Å². The maximum absolute atomic E-state index is 11.8. The molecular formula is C25H34NO5P. The Labute approximate surface area is 190 Å². The molecule has 0 heterocycles. The van der Waals surface area contributed by atoms with Crippen molar-refractivity contribution in [3.8, 4) is 0 Å². The van der Waals surface area contributed by atoms with Crippen molar-refractivity contribution in [1.82, 2.24) is 4.90 Å². The third-order valence-corrected chi connectivity index (χ3v) is 7.13. The Bertz CT molecular complexity index is 916. The van der Waals surface area contributed by atoms with Crippen LogP contribution in [0.2, 0.25) is 0 Å². The van der Waals surface area contributed by atoms with E-state index in [4.69, 9.17) is 0 Å². The Kier molecular flexibility index (Phi) is 8.66. The molecule has 3 rings (SSSR count). The summed E-state index contributed by atoms with van der Waals surface area (Å²) in [5, 5.41) is 9.68. The molecule has 1 unspecified atom stereocenters. The molecule has 6 nitrogen and oxygen atoms in total. The first-order chi connectivity index (χ1) is 15.2. The van der Waals surface area contributed by atoms with Gasteiger partial charge in [-0.15, -0.1) is 0 Å². The van der Waals surface area contributed by atoms with E-state index in [0.29, 0.717) is 24.6 Å². The van der Waals surface area contributed by atoms with E-state index in [1.807, 2.05) is 12.1 Å². The normalized spacial score (nSPS) is 16.2. The third kappa shape index (κ3) is 7.86. The summed E-state index contributed by atoms with van der Waals surface area (Å²) in [6, 6.07) is 15.6. The number of carbonyl (C=O) groups is 1. The van der Waals surface area contributed by atoms with Gasteiger partial charge in [-0.2, -0.15) is 0 Å². The summed E-state index contributed by atoms with van der Waals surface area (Å²) in [4.78, 5) is 32.5. The molecule has 7 heteroatoms. The zero-order chi connectivity index (χ0) is 23.1. The highest BCUT2D eigenvalue weighted by Gasteiger charge is 2.31. The molecule has 1 atom stereocenters. The fourth-order valence-electron chi connectivity index (χ4n) is 4.73. The highest BCUT2D eigenvalue weighted by atomic mass is 31.2. The molecule has 1 fully saturated rings. The summed E-state index contributed by atoms with van der Waals surface area (Å²) in [5.74, 6) is -0.411. The first-order valence-corrected chi connectivity index (χ1v) is 13.1. The molecule has 1 aliphatic carbocycles. The average Bonchev–Trinajstić information content (AvgIpc) is 2.74. The van der Waals surface area contributed by atoms with Crippen molar-refractivity contribution in [3.63, 3.8) is 0 Å². The monoisotopic (exact) mass is 459 g/mol. The number of hydrogen-bond acceptors (Lipinski definition) is 3. The maximum atomic E-state index is 11.8. The summed E-state index contributed by atoms with van der Waals surface area (Å²) in [7, 11) is -4.11. The minimum absolute atomic E-state index is 0.0520. The van der Waals surface area contributed by atoms with Gasteiger partial charge in [0.25, 0.3) is 0 Å². The lowest BCUT2D eigenvalue weighted by molar-refractivity contribution is -0.139. The van der Waals surface area contributed by atoms with E-state index in [0.717, 1.165) is 36.8 Å². The number of hydrogen-bond donors (Lipinski definition) is 3. The third-order valence-electron chi connectivity index (χ3n) is 6.35. The van der Waals surface area contributed by atoms with Crippen LogP contribution in [-0.2, 0) is 28.6 Å². The molecule has 1 aliphatic rings. The molecule has 3 N–H and O–H groups in total. The number of aliphatic carboxylic acids is 1. The van der Waals surface area contributed by atoms with Gasteiger partial charge in [0.2, 0.25) is 0 Å². The number of carboxylic acid groups (broad SMARTS) is 1. The first-order valence-electron chi connectivity index (χ1n) is 11.3. The van der Waals surface area contributed by atoms with Gasteiger partial charge in [-0.05, 0) is 42.4 Å². The van der Waals surface area contributed by atoms with E-state index in [2.05, 4.69) is 36.1 Å². The van der Waals surface area contributed by atoms with Crippen molar-refractivity contribution in [2.24, 2.45) is 5.92 Å². The molecule has 2 aromatic rings. The predicted octanol–water partition coefficient (Wildman–Crippen LogP) is 5.10. The quantitative estimate of drug-likeness (QED) is 0.428. The van der Waals surface area contributed by atoms with Gasteiger partial charge in [-0.3, -0.25) is 14.3 Å². The standard InChI is InChI=1S/C25H34NO5P/c1-19-7-9-20(10-8-19)16-26(24(15-25(27)28)23-5-3-2-4-6-23)17-21-11-13-22(14-12-21)18-32(29,30)31/h7-14,23-24H,2-6,15-18H2,1H3,(H,27,28)(H2,29,30,31). The molecule has 0 aromatic heterocycles. The highest BCUT2D eigenvalue weighted by Crippen LogP contribution is 2.39. The molecule has 32 heavy (non-hydrogen) atoms. The summed E-state index contributed by atoms with van der Waals surface area (Å²) >= 11 is 0. The van der Waals surface area contributed by atoms with Gasteiger partial charge in [0, 0.05) is 19.1 Å². The van der Waals surface area contributed by atoms with Crippen LogP contribution in [0.3, 0.4) is 0 Å². The van der Waals surface area contributed by atoms with E-state index < -0.39 is 13.6 Å². The first kappa shape index (κ1) is 24.7. The van der Waals surface area contributed by atoms with E-state index >= 15 is 0 Å². The van der Waals surface area contributed by atoms with Crippen LogP contribution in [0.25, 0.3) is 0 Å². The van der Waals surface area contributed by atoms with Crippen molar-refractivity contribution in [1.29, 1.82) is 0 Å². The van der Waals surface area contributed by atoms with Crippen molar-refractivity contribution < 1.29 is 24.3 Å².